The smallest absolute Gasteiger partial charge is 0.164 e. The molecule has 0 spiro atoms. The number of nitrogens with zero attached hydrogens (tertiary/aromatic N) is 11. The molecular weight excluding hydrogens is 1630 g/mol. The van der Waals surface area contributed by atoms with Gasteiger partial charge < -0.3 is 4.57 Å². The summed E-state index contributed by atoms with van der Waals surface area (Å²) in [6, 6.07) is 155. The van der Waals surface area contributed by atoms with Gasteiger partial charge in [0.25, 0.3) is 0 Å². The topological polar surface area (TPSA) is 134 Å². The Balaban J connectivity index is 0.000000114. The minimum Gasteiger partial charge on any atom is -0.309 e. The van der Waals surface area contributed by atoms with Crippen LogP contribution < -0.4 is 0 Å². The zero-order valence-electron chi connectivity index (χ0n) is 74.1. The number of hydrogen-bond acceptors (Lipinski definition) is 10. The molecule has 632 valence electrons. The van der Waals surface area contributed by atoms with Gasteiger partial charge in [-0.1, -0.05) is 372 Å². The van der Waals surface area contributed by atoms with Gasteiger partial charge in [-0.3, -0.25) is 4.98 Å². The van der Waals surface area contributed by atoms with E-state index < -0.39 is 0 Å². The quantitative estimate of drug-likeness (QED) is 0.103. The van der Waals surface area contributed by atoms with Crippen molar-refractivity contribution in [2.24, 2.45) is 0 Å². The van der Waals surface area contributed by atoms with Gasteiger partial charge in [-0.25, -0.2) is 44.9 Å². The molecule has 0 radical (unpaired) electrons. The molecular formula is C123H85N11. The second-order valence-corrected chi connectivity index (χ2v) is 34.6. The fraction of sp³-hybridized carbons (Fsp3) is 0.0407. The summed E-state index contributed by atoms with van der Waals surface area (Å²) in [6.45, 7) is 8.74. The molecule has 0 N–H and O–H groups in total. The van der Waals surface area contributed by atoms with E-state index in [0.717, 1.165) is 95.0 Å². The standard InChI is InChI=1S/C42H30N4.C41H26N4.C40H29N3/c1-27-21-22-35(28(2)43-27)32-23-33(39-26-31-17-9-10-18-36(31)37-19-11-12-20-38(37)39)25-34(24-32)42-45-40(29-13-5-3-6-14-29)44-41(46-42)30-15-7-4-8-16-30;1-3-13-29(14-4-1)39-42-40(30-15-5-2-6-16-30)44-41(43-39)31-19-23-32(24-20-31)45-35-25-21-27-11-7-9-17-33(27)37(35)38-34-18-10-8-12-28(34)22-26-36(38)45;1-40(2)35-25-32(21-22-33(35)34-23-30-15-9-10-16-31(30)24-36(34)40)39-42-37(28-13-7-4-8-14-28)41-38(43-39)29-19-17-27(18-20-29)26-11-5-3-6-12-26/h3-26H,1-2H3;1-26H;3-25H,1-2H3. The highest BCUT2D eigenvalue weighted by Crippen LogP contribution is 2.52. The molecule has 0 atom stereocenters. The minimum absolute atomic E-state index is 0.143. The summed E-state index contributed by atoms with van der Waals surface area (Å²) in [5, 5.41) is 15.0. The zero-order valence-corrected chi connectivity index (χ0v) is 74.1. The predicted octanol–water partition coefficient (Wildman–Crippen LogP) is 30.8. The molecule has 0 fully saturated rings. The number of aryl methyl sites for hydroxylation is 2. The monoisotopic (exact) mass is 1720 g/mol. The fourth-order valence-corrected chi connectivity index (χ4v) is 19.2. The third-order valence-electron chi connectivity index (χ3n) is 25.9. The van der Waals surface area contributed by atoms with E-state index in [0.29, 0.717) is 52.4 Å². The molecule has 0 unspecified atom stereocenters. The van der Waals surface area contributed by atoms with Crippen LogP contribution in [0.1, 0.15) is 36.4 Å². The molecule has 11 heteroatoms. The van der Waals surface area contributed by atoms with Gasteiger partial charge in [0.1, 0.15) is 0 Å². The second-order valence-electron chi connectivity index (χ2n) is 34.6. The average Bonchev–Trinajstić information content (AvgIpc) is 1.56. The minimum atomic E-state index is -0.143. The first-order valence-corrected chi connectivity index (χ1v) is 45.3. The van der Waals surface area contributed by atoms with E-state index in [2.05, 4.69) is 323 Å². The molecule has 0 bridgehead atoms. The Bertz CT molecular complexity index is 8420. The van der Waals surface area contributed by atoms with Gasteiger partial charge in [0, 0.05) is 88.9 Å². The van der Waals surface area contributed by atoms with E-state index in [1.807, 2.05) is 153 Å². The van der Waals surface area contributed by atoms with Crippen molar-refractivity contribution in [2.45, 2.75) is 33.1 Å². The van der Waals surface area contributed by atoms with Crippen molar-refractivity contribution in [3.63, 3.8) is 0 Å². The van der Waals surface area contributed by atoms with Gasteiger partial charge in [-0.2, -0.15) is 0 Å². The van der Waals surface area contributed by atoms with Crippen molar-refractivity contribution >= 4 is 75.7 Å². The van der Waals surface area contributed by atoms with E-state index in [4.69, 9.17) is 49.8 Å². The summed E-state index contributed by atoms with van der Waals surface area (Å²) in [5.41, 5.74) is 25.9. The molecule has 0 saturated carbocycles. The molecule has 11 nitrogen and oxygen atoms in total. The van der Waals surface area contributed by atoms with Gasteiger partial charge in [0.15, 0.2) is 52.4 Å². The highest BCUT2D eigenvalue weighted by molar-refractivity contribution is 6.28. The van der Waals surface area contributed by atoms with E-state index in [9.17, 15) is 0 Å². The van der Waals surface area contributed by atoms with Crippen LogP contribution in [0.4, 0.5) is 0 Å². The fourth-order valence-electron chi connectivity index (χ4n) is 19.2. The molecule has 0 aliphatic heterocycles. The number of benzene rings is 19. The first-order valence-electron chi connectivity index (χ1n) is 45.3. The van der Waals surface area contributed by atoms with Crippen LogP contribution >= 0.6 is 0 Å². The summed E-state index contributed by atoms with van der Waals surface area (Å²) >= 11 is 0. The summed E-state index contributed by atoms with van der Waals surface area (Å²) in [6.07, 6.45) is 0. The van der Waals surface area contributed by atoms with Gasteiger partial charge in [0.2, 0.25) is 0 Å². The first kappa shape index (κ1) is 81.0. The summed E-state index contributed by atoms with van der Waals surface area (Å²) in [5.74, 6) is 5.87. The Morgan fingerprint density at radius 1 is 0.187 bits per heavy atom. The van der Waals surface area contributed by atoms with Gasteiger partial charge in [-0.15, -0.1) is 0 Å². The molecule has 24 aromatic rings. The van der Waals surface area contributed by atoms with Crippen molar-refractivity contribution in [1.29, 1.82) is 0 Å². The Labute approximate surface area is 776 Å². The summed E-state index contributed by atoms with van der Waals surface area (Å²) < 4.78 is 2.38. The summed E-state index contributed by atoms with van der Waals surface area (Å²) in [4.78, 5) is 49.6. The lowest BCUT2D eigenvalue weighted by Gasteiger charge is -2.22. The van der Waals surface area contributed by atoms with E-state index in [-0.39, 0.29) is 5.41 Å². The Hall–Kier alpha value is -17.5. The van der Waals surface area contributed by atoms with Crippen molar-refractivity contribution in [1.82, 2.24) is 54.4 Å². The van der Waals surface area contributed by atoms with Gasteiger partial charge in [-0.05, 0) is 203 Å². The molecule has 19 aromatic carbocycles. The van der Waals surface area contributed by atoms with Crippen molar-refractivity contribution in [3.8, 4) is 153 Å². The third-order valence-corrected chi connectivity index (χ3v) is 25.9. The van der Waals surface area contributed by atoms with Crippen LogP contribution in [0.25, 0.3) is 228 Å². The molecule has 25 rings (SSSR count). The maximum atomic E-state index is 5.08. The number of hydrogen-bond donors (Lipinski definition) is 0. The van der Waals surface area contributed by atoms with E-state index >= 15 is 0 Å². The van der Waals surface area contributed by atoms with E-state index in [1.54, 1.807) is 0 Å². The second kappa shape index (κ2) is 34.5. The molecule has 1 aliphatic carbocycles. The predicted molar refractivity (Wildman–Crippen MR) is 551 cm³/mol. The normalized spacial score (nSPS) is 11.9. The lowest BCUT2D eigenvalue weighted by atomic mass is 9.81. The van der Waals surface area contributed by atoms with Crippen LogP contribution in [0.2, 0.25) is 0 Å². The Morgan fingerprint density at radius 3 is 0.963 bits per heavy atom. The molecule has 0 amide bonds. The first-order chi connectivity index (χ1) is 66.0. The Morgan fingerprint density at radius 2 is 0.500 bits per heavy atom. The molecule has 134 heavy (non-hydrogen) atoms. The maximum absolute atomic E-state index is 5.08. The van der Waals surface area contributed by atoms with Gasteiger partial charge in [0.05, 0.1) is 11.0 Å². The molecule has 5 aromatic heterocycles. The number of aromatic nitrogens is 11. The van der Waals surface area contributed by atoms with Crippen molar-refractivity contribution in [3.05, 3.63) is 465 Å². The maximum Gasteiger partial charge on any atom is 0.164 e. The lowest BCUT2D eigenvalue weighted by Crippen LogP contribution is -2.15. The number of rotatable bonds is 13. The van der Waals surface area contributed by atoms with Gasteiger partial charge >= 0.3 is 0 Å². The Kier molecular flexibility index (Phi) is 20.8. The lowest BCUT2D eigenvalue weighted by molar-refractivity contribution is 0.661. The molecule has 5 heterocycles. The molecule has 0 saturated heterocycles. The highest BCUT2D eigenvalue weighted by atomic mass is 15.1. The summed E-state index contributed by atoms with van der Waals surface area (Å²) in [7, 11) is 0. The van der Waals surface area contributed by atoms with Crippen LogP contribution in [-0.2, 0) is 5.41 Å². The third kappa shape index (κ3) is 15.4. The van der Waals surface area contributed by atoms with Crippen LogP contribution in [0.5, 0.6) is 0 Å². The molecule has 1 aliphatic rings. The van der Waals surface area contributed by atoms with Crippen LogP contribution in [0.3, 0.4) is 0 Å². The van der Waals surface area contributed by atoms with E-state index in [1.165, 1.54) is 103 Å². The average molecular weight is 1720 g/mol. The zero-order chi connectivity index (χ0) is 89.7. The van der Waals surface area contributed by atoms with Crippen LogP contribution in [0, 0.1) is 13.8 Å². The number of fused-ring (bicyclic) bond motifs is 14. The largest absolute Gasteiger partial charge is 0.309 e. The SMILES string of the molecule is CC1(C)c2cc(-c3nc(-c4ccccc4)nc(-c4ccc(-c5ccccc5)cc4)n3)ccc2-c2cc3ccccc3cc21.Cc1ccc(-c2cc(-c3nc(-c4ccccc4)nc(-c4ccccc4)n3)cc(-c3cc4ccccc4c4ccccc34)c2)c(C)n1.c1ccc(-c2nc(-c3ccccc3)nc(-c3ccc(-n4c5ccc6ccccc6c5c5c6ccccc6ccc54)cc3)n2)cc1. The highest BCUT2D eigenvalue weighted by Gasteiger charge is 2.37. The van der Waals surface area contributed by atoms with Crippen LogP contribution in [0.15, 0.2) is 443 Å². The van der Waals surface area contributed by atoms with Crippen molar-refractivity contribution < 1.29 is 0 Å². The number of pyridine rings is 1. The van der Waals surface area contributed by atoms with Crippen molar-refractivity contribution in [2.75, 3.05) is 0 Å². The van der Waals surface area contributed by atoms with Crippen LogP contribution in [-0.4, -0.2) is 54.4 Å².